The summed E-state index contributed by atoms with van der Waals surface area (Å²) in [6, 6.07) is 5.20. The zero-order valence-electron chi connectivity index (χ0n) is 21.9. The van der Waals surface area contributed by atoms with Gasteiger partial charge in [-0.2, -0.15) is 0 Å². The molecule has 2 bridgehead atoms. The average molecular weight is 527 g/mol. The lowest BCUT2D eigenvalue weighted by molar-refractivity contribution is -0.154. The van der Waals surface area contributed by atoms with Gasteiger partial charge in [0.25, 0.3) is 5.91 Å². The molecule has 3 aliphatic rings. The fraction of sp³-hybridized carbons (Fsp3) is 0.552. The number of ether oxygens (including phenoxy) is 1. The molecule has 3 heterocycles. The molecule has 4 rings (SSSR count). The van der Waals surface area contributed by atoms with Crippen LogP contribution in [0, 0.1) is 25.7 Å². The summed E-state index contributed by atoms with van der Waals surface area (Å²) < 4.78 is 4.93. The molecule has 200 valence electrons. The average Bonchev–Trinajstić information content (AvgIpc) is 3.51. The number of aliphatic hydroxyl groups excluding tert-OH is 1. The van der Waals surface area contributed by atoms with Crippen molar-refractivity contribution in [3.63, 3.8) is 0 Å². The number of unbranched alkanes of at least 4 members (excludes halogenated alkanes) is 2. The highest BCUT2D eigenvalue weighted by Gasteiger charge is 2.74. The van der Waals surface area contributed by atoms with Crippen LogP contribution in [0.1, 0.15) is 43.2 Å². The van der Waals surface area contributed by atoms with E-state index in [1.54, 1.807) is 22.7 Å². The number of allylic oxidation sites excluding steroid dienone is 1. The molecule has 0 aromatic heterocycles. The molecular formula is C29H38N2O5S. The van der Waals surface area contributed by atoms with Crippen LogP contribution in [0.4, 0.5) is 5.69 Å². The maximum absolute atomic E-state index is 14.4. The van der Waals surface area contributed by atoms with E-state index in [-0.39, 0.29) is 36.2 Å². The molecule has 3 saturated heterocycles. The topological polar surface area (TPSA) is 87.1 Å². The second-order valence-corrected chi connectivity index (χ2v) is 11.9. The Labute approximate surface area is 223 Å². The molecule has 8 heteroatoms. The Balaban J connectivity index is 1.66. The number of fused-ring (bicyclic) bond motifs is 1. The van der Waals surface area contributed by atoms with Gasteiger partial charge in [0.1, 0.15) is 6.04 Å². The summed E-state index contributed by atoms with van der Waals surface area (Å²) in [7, 11) is 0. The zero-order valence-corrected chi connectivity index (χ0v) is 22.7. The van der Waals surface area contributed by atoms with E-state index in [0.29, 0.717) is 19.6 Å². The van der Waals surface area contributed by atoms with Gasteiger partial charge in [0.2, 0.25) is 5.91 Å². The first kappa shape index (κ1) is 27.5. The largest absolute Gasteiger partial charge is 0.465 e. The van der Waals surface area contributed by atoms with E-state index in [0.717, 1.165) is 42.5 Å². The van der Waals surface area contributed by atoms with Crippen LogP contribution in [0.5, 0.6) is 0 Å². The second-order valence-electron chi connectivity index (χ2n) is 10.3. The SMILES string of the molecule is C=CCCCCOC(=O)[C@@H]1[C@H]2C(=O)N(CCO)C(C(=O)N(CC=C)c3cc(C)ccc3C)C23CC[C@H]1S3. The quantitative estimate of drug-likeness (QED) is 0.253. The summed E-state index contributed by atoms with van der Waals surface area (Å²) in [5, 5.41) is 9.79. The maximum atomic E-state index is 14.4. The molecule has 1 spiro atoms. The van der Waals surface area contributed by atoms with E-state index in [9.17, 15) is 19.5 Å². The molecule has 2 unspecified atom stereocenters. The first-order valence-corrected chi connectivity index (χ1v) is 14.0. The third-order valence-electron chi connectivity index (χ3n) is 7.93. The Morgan fingerprint density at radius 3 is 2.76 bits per heavy atom. The van der Waals surface area contributed by atoms with Crippen molar-refractivity contribution in [2.24, 2.45) is 11.8 Å². The van der Waals surface area contributed by atoms with Gasteiger partial charge in [0.15, 0.2) is 0 Å². The fourth-order valence-corrected chi connectivity index (χ4v) is 8.50. The molecule has 0 saturated carbocycles. The second kappa shape index (κ2) is 11.4. The van der Waals surface area contributed by atoms with Crippen molar-refractivity contribution in [2.75, 3.05) is 31.2 Å². The van der Waals surface area contributed by atoms with Gasteiger partial charge in [-0.3, -0.25) is 14.4 Å². The monoisotopic (exact) mass is 526 g/mol. The Kier molecular flexibility index (Phi) is 8.49. The van der Waals surface area contributed by atoms with Crippen LogP contribution in [0.3, 0.4) is 0 Å². The number of hydrogen-bond donors (Lipinski definition) is 1. The van der Waals surface area contributed by atoms with Crippen LogP contribution in [-0.4, -0.2) is 70.1 Å². The highest BCUT2D eigenvalue weighted by molar-refractivity contribution is 8.02. The molecule has 3 aliphatic heterocycles. The van der Waals surface area contributed by atoms with E-state index in [1.165, 1.54) is 4.90 Å². The summed E-state index contributed by atoms with van der Waals surface area (Å²) in [4.78, 5) is 44.7. The molecule has 2 amide bonds. The van der Waals surface area contributed by atoms with Gasteiger partial charge in [-0.25, -0.2) is 0 Å². The van der Waals surface area contributed by atoms with E-state index >= 15 is 0 Å². The molecule has 3 fully saturated rings. The lowest BCUT2D eigenvalue weighted by Crippen LogP contribution is -2.55. The van der Waals surface area contributed by atoms with E-state index in [1.807, 2.05) is 38.1 Å². The van der Waals surface area contributed by atoms with Crippen molar-refractivity contribution in [1.82, 2.24) is 4.90 Å². The number of benzene rings is 1. The number of aryl methyl sites for hydroxylation is 2. The van der Waals surface area contributed by atoms with Gasteiger partial charge in [-0.15, -0.1) is 24.9 Å². The van der Waals surface area contributed by atoms with Crippen LogP contribution in [0.25, 0.3) is 0 Å². The van der Waals surface area contributed by atoms with Crippen molar-refractivity contribution >= 4 is 35.2 Å². The first-order chi connectivity index (χ1) is 17.8. The normalized spacial score (nSPS) is 27.8. The predicted molar refractivity (Wildman–Crippen MR) is 146 cm³/mol. The molecule has 0 radical (unpaired) electrons. The Bertz CT molecular complexity index is 1070. The number of rotatable bonds is 12. The zero-order chi connectivity index (χ0) is 26.7. The maximum Gasteiger partial charge on any atom is 0.310 e. The number of nitrogens with zero attached hydrogens (tertiary/aromatic N) is 2. The molecule has 7 nitrogen and oxygen atoms in total. The summed E-state index contributed by atoms with van der Waals surface area (Å²) in [5.74, 6) is -1.95. The summed E-state index contributed by atoms with van der Waals surface area (Å²) >= 11 is 1.61. The molecular weight excluding hydrogens is 488 g/mol. The van der Waals surface area contributed by atoms with Crippen LogP contribution < -0.4 is 4.90 Å². The van der Waals surface area contributed by atoms with E-state index < -0.39 is 22.6 Å². The number of amides is 2. The van der Waals surface area contributed by atoms with Crippen LogP contribution in [-0.2, 0) is 19.1 Å². The van der Waals surface area contributed by atoms with Crippen molar-refractivity contribution in [2.45, 2.75) is 62.0 Å². The summed E-state index contributed by atoms with van der Waals surface area (Å²) in [6.07, 6.45) is 7.47. The molecule has 1 aromatic rings. The number of aliphatic hydroxyl groups is 1. The third kappa shape index (κ3) is 4.86. The van der Waals surface area contributed by atoms with Gasteiger partial charge in [-0.1, -0.05) is 24.3 Å². The summed E-state index contributed by atoms with van der Waals surface area (Å²) in [6.45, 7) is 11.9. The van der Waals surface area contributed by atoms with Crippen LogP contribution in [0.2, 0.25) is 0 Å². The molecule has 5 atom stereocenters. The predicted octanol–water partition coefficient (Wildman–Crippen LogP) is 3.81. The minimum absolute atomic E-state index is 0.0465. The van der Waals surface area contributed by atoms with Crippen LogP contribution >= 0.6 is 11.8 Å². The lowest BCUT2D eigenvalue weighted by Gasteiger charge is -2.37. The van der Waals surface area contributed by atoms with Crippen molar-refractivity contribution in [3.8, 4) is 0 Å². The number of likely N-dealkylation sites (tertiary alicyclic amines) is 1. The highest BCUT2D eigenvalue weighted by atomic mass is 32.2. The first-order valence-electron chi connectivity index (χ1n) is 13.2. The Hall–Kier alpha value is -2.58. The number of esters is 1. The van der Waals surface area contributed by atoms with E-state index in [4.69, 9.17) is 4.74 Å². The van der Waals surface area contributed by atoms with Crippen molar-refractivity contribution in [3.05, 3.63) is 54.6 Å². The minimum atomic E-state index is -0.766. The number of thioether (sulfide) groups is 1. The van der Waals surface area contributed by atoms with Crippen molar-refractivity contribution in [1.29, 1.82) is 0 Å². The smallest absolute Gasteiger partial charge is 0.310 e. The van der Waals surface area contributed by atoms with Gasteiger partial charge < -0.3 is 19.6 Å². The number of anilines is 1. The van der Waals surface area contributed by atoms with Crippen molar-refractivity contribution < 1.29 is 24.2 Å². The lowest BCUT2D eigenvalue weighted by atomic mass is 9.71. The van der Waals surface area contributed by atoms with Gasteiger partial charge in [0, 0.05) is 24.0 Å². The van der Waals surface area contributed by atoms with Gasteiger partial charge in [-0.05, 0) is 63.1 Å². The molecule has 1 aromatic carbocycles. The van der Waals surface area contributed by atoms with E-state index in [2.05, 4.69) is 13.2 Å². The number of carbonyl (C=O) groups excluding carboxylic acids is 3. The standard InChI is InChI=1S/C29H38N2O5S/c1-5-7-8-9-17-36-28(35)23-22-12-13-29(37-22)24(23)26(33)31(15-16-32)25(29)27(34)30(14-6-2)21-18-19(3)10-11-20(21)4/h5-6,10-11,18,22-25,32H,1-2,7-9,12-17H2,3-4H3/t22-,23+,24+,25?,29?/m1/s1. The fourth-order valence-electron chi connectivity index (χ4n) is 6.30. The Morgan fingerprint density at radius 2 is 2.05 bits per heavy atom. The number of β-amino-alcohol motifs (C(OH)–C–C–N with tert-alkyl or cyclic N) is 1. The van der Waals surface area contributed by atoms with Gasteiger partial charge in [0.05, 0.1) is 29.8 Å². The summed E-state index contributed by atoms with van der Waals surface area (Å²) in [5.41, 5.74) is 2.77. The highest BCUT2D eigenvalue weighted by Crippen LogP contribution is 2.66. The Morgan fingerprint density at radius 1 is 1.27 bits per heavy atom. The van der Waals surface area contributed by atoms with Crippen LogP contribution in [0.15, 0.2) is 43.5 Å². The third-order valence-corrected chi connectivity index (χ3v) is 9.88. The minimum Gasteiger partial charge on any atom is -0.465 e. The molecule has 37 heavy (non-hydrogen) atoms. The number of hydrogen-bond acceptors (Lipinski definition) is 6. The number of carbonyl (C=O) groups is 3. The molecule has 1 N–H and O–H groups in total. The molecule has 0 aliphatic carbocycles. The van der Waals surface area contributed by atoms with Gasteiger partial charge >= 0.3 is 5.97 Å².